The Balaban J connectivity index is 1.81. The van der Waals surface area contributed by atoms with Crippen molar-refractivity contribution in [2.45, 2.75) is 37.8 Å². The Bertz CT molecular complexity index is 1630. The molecule has 0 fully saturated rings. The Kier molecular flexibility index (Phi) is 10.9. The van der Waals surface area contributed by atoms with Gasteiger partial charge in [-0.25, -0.2) is 8.42 Å². The van der Waals surface area contributed by atoms with Crippen LogP contribution in [-0.4, -0.2) is 44.3 Å². The minimum Gasteiger partial charge on any atom is -0.355 e. The molecule has 4 aromatic carbocycles. The van der Waals surface area contributed by atoms with Crippen LogP contribution in [0.3, 0.4) is 0 Å². The molecule has 0 saturated carbocycles. The van der Waals surface area contributed by atoms with E-state index >= 15 is 0 Å². The number of aryl methyl sites for hydroxylation is 1. The van der Waals surface area contributed by atoms with Crippen LogP contribution in [0.15, 0.2) is 108 Å². The van der Waals surface area contributed by atoms with Crippen LogP contribution in [0.5, 0.6) is 0 Å². The van der Waals surface area contributed by atoms with Crippen molar-refractivity contribution < 1.29 is 18.0 Å². The minimum atomic E-state index is -4.24. The molecule has 0 heterocycles. The highest BCUT2D eigenvalue weighted by atomic mass is 35.5. The van der Waals surface area contributed by atoms with Crippen LogP contribution in [-0.2, 0) is 32.6 Å². The molecule has 7 nitrogen and oxygen atoms in total. The smallest absolute Gasteiger partial charge is 0.264 e. The molecular formula is C33H33Cl2N3O4S. The molecule has 4 rings (SSSR count). The lowest BCUT2D eigenvalue weighted by Crippen LogP contribution is -2.53. The number of halogens is 2. The van der Waals surface area contributed by atoms with Gasteiger partial charge in [0.1, 0.15) is 12.6 Å². The Morgan fingerprint density at radius 2 is 1.40 bits per heavy atom. The third kappa shape index (κ3) is 8.38. The van der Waals surface area contributed by atoms with Crippen LogP contribution in [0.25, 0.3) is 0 Å². The van der Waals surface area contributed by atoms with Crippen molar-refractivity contribution in [3.63, 3.8) is 0 Å². The van der Waals surface area contributed by atoms with Gasteiger partial charge in [0.15, 0.2) is 0 Å². The number of carbonyl (C=O) groups excluding carboxylic acids is 2. The average molecular weight is 639 g/mol. The van der Waals surface area contributed by atoms with Gasteiger partial charge in [0.05, 0.1) is 10.6 Å². The molecule has 43 heavy (non-hydrogen) atoms. The van der Waals surface area contributed by atoms with Gasteiger partial charge in [0, 0.05) is 29.6 Å². The predicted octanol–water partition coefficient (Wildman–Crippen LogP) is 6.27. The summed E-state index contributed by atoms with van der Waals surface area (Å²) in [6, 6.07) is 28.3. The van der Waals surface area contributed by atoms with E-state index in [-0.39, 0.29) is 39.5 Å². The quantitative estimate of drug-likeness (QED) is 0.198. The zero-order chi connectivity index (χ0) is 31.0. The van der Waals surface area contributed by atoms with Gasteiger partial charge in [0.2, 0.25) is 11.8 Å². The molecule has 224 valence electrons. The van der Waals surface area contributed by atoms with E-state index in [0.717, 1.165) is 21.0 Å². The summed E-state index contributed by atoms with van der Waals surface area (Å²) in [5.74, 6) is -0.904. The topological polar surface area (TPSA) is 86.8 Å². The highest BCUT2D eigenvalue weighted by Gasteiger charge is 2.34. The maximum atomic E-state index is 14.4. The van der Waals surface area contributed by atoms with Crippen LogP contribution in [0.2, 0.25) is 10.0 Å². The summed E-state index contributed by atoms with van der Waals surface area (Å²) in [5.41, 5.74) is 2.83. The predicted molar refractivity (Wildman–Crippen MR) is 172 cm³/mol. The third-order valence-electron chi connectivity index (χ3n) is 6.84. The number of anilines is 1. The second-order valence-corrected chi connectivity index (χ2v) is 12.8. The summed E-state index contributed by atoms with van der Waals surface area (Å²) in [5, 5.41) is 3.28. The van der Waals surface area contributed by atoms with Crippen molar-refractivity contribution >= 4 is 50.7 Å². The van der Waals surface area contributed by atoms with Crippen LogP contribution in [0.4, 0.5) is 5.69 Å². The SMILES string of the molecule is CCNC(=O)[C@H](Cc1ccccc1)N(Cc1ccc(C)cc1)C(=O)CN(c1cc(Cl)cc(Cl)c1)S(=O)(=O)c1ccccc1. The maximum Gasteiger partial charge on any atom is 0.264 e. The first kappa shape index (κ1) is 32.1. The first-order chi connectivity index (χ1) is 20.6. The monoisotopic (exact) mass is 637 g/mol. The number of sulfonamides is 1. The summed E-state index contributed by atoms with van der Waals surface area (Å²) in [7, 11) is -4.24. The number of rotatable bonds is 12. The molecule has 1 N–H and O–H groups in total. The van der Waals surface area contributed by atoms with Gasteiger partial charge in [-0.3, -0.25) is 13.9 Å². The number of amides is 2. The van der Waals surface area contributed by atoms with Gasteiger partial charge in [0.25, 0.3) is 10.0 Å². The fourth-order valence-electron chi connectivity index (χ4n) is 4.67. The molecule has 0 radical (unpaired) electrons. The van der Waals surface area contributed by atoms with Crippen molar-refractivity contribution in [3.05, 3.63) is 130 Å². The number of hydrogen-bond acceptors (Lipinski definition) is 4. The Morgan fingerprint density at radius 1 is 0.814 bits per heavy atom. The number of benzene rings is 4. The molecule has 10 heteroatoms. The molecule has 4 aromatic rings. The molecule has 0 aliphatic rings. The fourth-order valence-corrected chi connectivity index (χ4v) is 6.60. The molecule has 0 unspecified atom stereocenters. The average Bonchev–Trinajstić information content (AvgIpc) is 2.99. The van der Waals surface area contributed by atoms with E-state index in [1.54, 1.807) is 25.1 Å². The largest absolute Gasteiger partial charge is 0.355 e. The lowest BCUT2D eigenvalue weighted by Gasteiger charge is -2.34. The van der Waals surface area contributed by atoms with Crippen LogP contribution in [0, 0.1) is 6.92 Å². The normalized spacial score (nSPS) is 11.9. The van der Waals surface area contributed by atoms with E-state index in [1.807, 2.05) is 61.5 Å². The van der Waals surface area contributed by atoms with E-state index in [4.69, 9.17) is 23.2 Å². The number of nitrogens with one attached hydrogen (secondary N) is 1. The van der Waals surface area contributed by atoms with Crippen LogP contribution in [0.1, 0.15) is 23.6 Å². The lowest BCUT2D eigenvalue weighted by molar-refractivity contribution is -0.140. The maximum absolute atomic E-state index is 14.4. The van der Waals surface area contributed by atoms with Crippen LogP contribution >= 0.6 is 23.2 Å². The third-order valence-corrected chi connectivity index (χ3v) is 9.07. The molecule has 0 bridgehead atoms. The zero-order valence-electron chi connectivity index (χ0n) is 23.9. The first-order valence-electron chi connectivity index (χ1n) is 13.8. The summed E-state index contributed by atoms with van der Waals surface area (Å²) in [6.07, 6.45) is 0.235. The van der Waals surface area contributed by atoms with Crippen molar-refractivity contribution in [2.24, 2.45) is 0 Å². The second kappa shape index (κ2) is 14.6. The first-order valence-corrected chi connectivity index (χ1v) is 16.0. The summed E-state index contributed by atoms with van der Waals surface area (Å²) < 4.78 is 29.0. The Hall–Kier alpha value is -3.85. The van der Waals surface area contributed by atoms with Crippen LogP contribution < -0.4 is 9.62 Å². The summed E-state index contributed by atoms with van der Waals surface area (Å²) >= 11 is 12.5. The fraction of sp³-hybridized carbons (Fsp3) is 0.212. The molecular weight excluding hydrogens is 605 g/mol. The number of nitrogens with zero attached hydrogens (tertiary/aromatic N) is 2. The molecule has 0 spiro atoms. The van der Waals surface area contributed by atoms with Crippen molar-refractivity contribution in [3.8, 4) is 0 Å². The zero-order valence-corrected chi connectivity index (χ0v) is 26.2. The van der Waals surface area contributed by atoms with Gasteiger partial charge < -0.3 is 10.2 Å². The molecule has 0 aliphatic carbocycles. The number of hydrogen-bond donors (Lipinski definition) is 1. The molecule has 1 atom stereocenters. The highest BCUT2D eigenvalue weighted by Crippen LogP contribution is 2.30. The van der Waals surface area contributed by atoms with Crippen molar-refractivity contribution in [2.75, 3.05) is 17.4 Å². The molecule has 0 aromatic heterocycles. The van der Waals surface area contributed by atoms with Crippen molar-refractivity contribution in [1.29, 1.82) is 0 Å². The van der Waals surface area contributed by atoms with E-state index in [9.17, 15) is 18.0 Å². The number of carbonyl (C=O) groups is 2. The lowest BCUT2D eigenvalue weighted by atomic mass is 10.0. The standard InChI is InChI=1S/C33H33Cl2N3O4S/c1-3-36-33(40)31(18-25-10-6-4-7-11-25)37(22-26-16-14-24(2)15-17-26)32(39)23-38(29-20-27(34)19-28(35)21-29)43(41,42)30-12-8-5-9-13-30/h4-17,19-21,31H,3,18,22-23H2,1-2H3,(H,36,40)/t31-/m0/s1. The van der Waals surface area contributed by atoms with Gasteiger partial charge in [-0.05, 0) is 55.3 Å². The van der Waals surface area contributed by atoms with E-state index < -0.39 is 28.5 Å². The molecule has 0 aliphatic heterocycles. The highest BCUT2D eigenvalue weighted by molar-refractivity contribution is 7.92. The Labute approximate surface area is 263 Å². The molecule has 0 saturated heterocycles. The summed E-state index contributed by atoms with van der Waals surface area (Å²) in [6.45, 7) is 3.63. The number of likely N-dealkylation sites (N-methyl/N-ethyl adjacent to an activating group) is 1. The van der Waals surface area contributed by atoms with Crippen molar-refractivity contribution in [1.82, 2.24) is 10.2 Å². The minimum absolute atomic E-state index is 0.00598. The second-order valence-electron chi connectivity index (χ2n) is 10.1. The van der Waals surface area contributed by atoms with E-state index in [0.29, 0.717) is 6.54 Å². The van der Waals surface area contributed by atoms with Gasteiger partial charge in [-0.1, -0.05) is 102 Å². The van der Waals surface area contributed by atoms with Gasteiger partial charge >= 0.3 is 0 Å². The Morgan fingerprint density at radius 3 is 1.98 bits per heavy atom. The van der Waals surface area contributed by atoms with Gasteiger partial charge in [-0.2, -0.15) is 0 Å². The van der Waals surface area contributed by atoms with E-state index in [2.05, 4.69) is 5.32 Å². The van der Waals surface area contributed by atoms with E-state index in [1.165, 1.54) is 35.2 Å². The summed E-state index contributed by atoms with van der Waals surface area (Å²) in [4.78, 5) is 29.3. The van der Waals surface area contributed by atoms with Gasteiger partial charge in [-0.15, -0.1) is 0 Å². The molecule has 2 amide bonds.